The molecule has 0 saturated carbocycles. The van der Waals surface area contributed by atoms with Gasteiger partial charge in [-0.15, -0.1) is 0 Å². The van der Waals surface area contributed by atoms with Gasteiger partial charge in [-0.25, -0.2) is 4.98 Å². The topological polar surface area (TPSA) is 81.2 Å². The van der Waals surface area contributed by atoms with Gasteiger partial charge in [-0.3, -0.25) is 14.6 Å². The normalized spacial score (nSPS) is 11.2. The third kappa shape index (κ3) is 6.91. The van der Waals surface area contributed by atoms with Crippen molar-refractivity contribution in [2.45, 2.75) is 33.0 Å². The molecule has 0 spiro atoms. The van der Waals surface area contributed by atoms with E-state index in [-0.39, 0.29) is 35.0 Å². The summed E-state index contributed by atoms with van der Waals surface area (Å²) in [5, 5.41) is 2.69. The van der Waals surface area contributed by atoms with Gasteiger partial charge in [-0.1, -0.05) is 0 Å². The number of nitrogens with zero attached hydrogens (tertiary/aromatic N) is 2. The minimum atomic E-state index is -4.46. The maximum absolute atomic E-state index is 12.4. The number of aryl methyl sites for hydroxylation is 1. The number of amides is 1. The molecule has 2 aromatic rings. The summed E-state index contributed by atoms with van der Waals surface area (Å²) in [4.78, 5) is 31.7. The first-order valence-corrected chi connectivity index (χ1v) is 8.92. The van der Waals surface area contributed by atoms with Crippen molar-refractivity contribution in [3.05, 3.63) is 51.4 Å². The van der Waals surface area contributed by atoms with Crippen LogP contribution in [0, 0.1) is 6.92 Å². The number of Topliss-reactive ketones (excluding diaryl/α,β-unsaturated/α-hetero) is 1. The maximum Gasteiger partial charge on any atom is 0.422 e. The summed E-state index contributed by atoms with van der Waals surface area (Å²) < 4.78 is 41.5. The molecule has 1 amide bonds. The van der Waals surface area contributed by atoms with Crippen LogP contribution in [0.25, 0.3) is 0 Å². The summed E-state index contributed by atoms with van der Waals surface area (Å²) in [6.45, 7) is 1.82. The molecule has 0 aliphatic rings. The molecule has 6 nitrogen and oxygen atoms in total. The van der Waals surface area contributed by atoms with Crippen LogP contribution in [0.2, 0.25) is 0 Å². The highest BCUT2D eigenvalue weighted by molar-refractivity contribution is 9.10. The number of aromatic nitrogens is 2. The van der Waals surface area contributed by atoms with Gasteiger partial charge in [-0.05, 0) is 53.5 Å². The van der Waals surface area contributed by atoms with Crippen LogP contribution in [0.1, 0.15) is 34.2 Å². The van der Waals surface area contributed by atoms with Gasteiger partial charge in [0.25, 0.3) is 5.91 Å². The Kier molecular flexibility index (Phi) is 7.11. The molecule has 0 saturated heterocycles. The first-order chi connectivity index (χ1) is 13.0. The second kappa shape index (κ2) is 9.13. The standard InChI is InChI=1S/C18H17BrF3N3O3/c1-10-3-13(6-14(25-10)4-11(2)26)16(27)23-7-12-5-15(19)17(24-8-12)28-9-18(20,21)22/h3,5-6,8H,4,7,9H2,1-2H3,(H,23,27). The van der Waals surface area contributed by atoms with Gasteiger partial charge in [0.1, 0.15) is 5.78 Å². The van der Waals surface area contributed by atoms with Crippen LogP contribution in [0.4, 0.5) is 13.2 Å². The van der Waals surface area contributed by atoms with Gasteiger partial charge in [0, 0.05) is 36.1 Å². The van der Waals surface area contributed by atoms with Crippen LogP contribution >= 0.6 is 15.9 Å². The second-order valence-corrected chi connectivity index (χ2v) is 6.94. The Morgan fingerprint density at radius 2 is 1.96 bits per heavy atom. The van der Waals surface area contributed by atoms with Crippen molar-refractivity contribution >= 4 is 27.6 Å². The molecule has 0 aromatic carbocycles. The molecule has 1 N–H and O–H groups in total. The molecule has 2 aromatic heterocycles. The van der Waals surface area contributed by atoms with Gasteiger partial charge in [0.05, 0.1) is 4.47 Å². The van der Waals surface area contributed by atoms with Gasteiger partial charge in [-0.2, -0.15) is 13.2 Å². The van der Waals surface area contributed by atoms with E-state index in [2.05, 4.69) is 36.0 Å². The number of halogens is 4. The van der Waals surface area contributed by atoms with E-state index in [1.165, 1.54) is 19.2 Å². The molecule has 28 heavy (non-hydrogen) atoms. The van der Waals surface area contributed by atoms with Crippen LogP contribution in [0.15, 0.2) is 28.9 Å². The predicted molar refractivity (Wildman–Crippen MR) is 98.0 cm³/mol. The van der Waals surface area contributed by atoms with Crippen molar-refractivity contribution < 1.29 is 27.5 Å². The summed E-state index contributed by atoms with van der Waals surface area (Å²) in [5.41, 5.74) is 2.04. The zero-order valence-corrected chi connectivity index (χ0v) is 16.6. The number of ether oxygens (including phenoxy) is 1. The number of hydrogen-bond donors (Lipinski definition) is 1. The molecule has 0 atom stereocenters. The Bertz CT molecular complexity index is 888. The molecule has 2 heterocycles. The summed E-state index contributed by atoms with van der Waals surface area (Å²) >= 11 is 3.10. The fourth-order valence-electron chi connectivity index (χ4n) is 2.32. The smallest absolute Gasteiger partial charge is 0.422 e. The predicted octanol–water partition coefficient (Wildman–Crippen LogP) is 3.55. The molecule has 150 valence electrons. The molecule has 0 aliphatic heterocycles. The number of carbonyl (C=O) groups excluding carboxylic acids is 2. The van der Waals surface area contributed by atoms with Gasteiger partial charge < -0.3 is 10.1 Å². The number of nitrogens with one attached hydrogen (secondary N) is 1. The third-order valence-corrected chi connectivity index (χ3v) is 3.96. The van der Waals surface area contributed by atoms with Crippen LogP contribution < -0.4 is 10.1 Å². The summed E-state index contributed by atoms with van der Waals surface area (Å²) in [5.74, 6) is -0.622. The molecule has 0 radical (unpaired) electrons. The highest BCUT2D eigenvalue weighted by atomic mass is 79.9. The van der Waals surface area contributed by atoms with E-state index in [0.29, 0.717) is 22.5 Å². The first-order valence-electron chi connectivity index (χ1n) is 8.12. The van der Waals surface area contributed by atoms with E-state index in [1.807, 2.05) is 0 Å². The lowest BCUT2D eigenvalue weighted by Crippen LogP contribution is -2.23. The van der Waals surface area contributed by atoms with Crippen molar-refractivity contribution in [1.29, 1.82) is 0 Å². The van der Waals surface area contributed by atoms with E-state index in [9.17, 15) is 22.8 Å². The lowest BCUT2D eigenvalue weighted by Gasteiger charge is -2.11. The van der Waals surface area contributed by atoms with Crippen molar-refractivity contribution in [2.75, 3.05) is 6.61 Å². The van der Waals surface area contributed by atoms with Crippen LogP contribution in [0.3, 0.4) is 0 Å². The van der Waals surface area contributed by atoms with E-state index < -0.39 is 12.8 Å². The minimum Gasteiger partial charge on any atom is -0.467 e. The van der Waals surface area contributed by atoms with Gasteiger partial charge in [0.15, 0.2) is 6.61 Å². The van der Waals surface area contributed by atoms with Gasteiger partial charge >= 0.3 is 6.18 Å². The summed E-state index contributed by atoms with van der Waals surface area (Å²) in [7, 11) is 0. The van der Waals surface area contributed by atoms with Crippen LogP contribution in [-0.4, -0.2) is 34.4 Å². The number of alkyl halides is 3. The Labute approximate surface area is 167 Å². The Balaban J connectivity index is 2.02. The van der Waals surface area contributed by atoms with E-state index >= 15 is 0 Å². The minimum absolute atomic E-state index is 0.0618. The SMILES string of the molecule is CC(=O)Cc1cc(C(=O)NCc2cnc(OCC(F)(F)F)c(Br)c2)cc(C)n1. The lowest BCUT2D eigenvalue weighted by molar-refractivity contribution is -0.154. The fraction of sp³-hybridized carbons (Fsp3) is 0.333. The highest BCUT2D eigenvalue weighted by Crippen LogP contribution is 2.25. The Morgan fingerprint density at radius 3 is 2.57 bits per heavy atom. The molecule has 10 heteroatoms. The van der Waals surface area contributed by atoms with Crippen molar-refractivity contribution in [2.24, 2.45) is 0 Å². The third-order valence-electron chi connectivity index (χ3n) is 3.39. The molecular formula is C18H17BrF3N3O3. The monoisotopic (exact) mass is 459 g/mol. The number of ketones is 1. The van der Waals surface area contributed by atoms with E-state index in [1.54, 1.807) is 19.1 Å². The van der Waals surface area contributed by atoms with E-state index in [4.69, 9.17) is 0 Å². The molecule has 0 fully saturated rings. The van der Waals surface area contributed by atoms with Crippen molar-refractivity contribution in [3.8, 4) is 5.88 Å². The van der Waals surface area contributed by atoms with Gasteiger partial charge in [0.2, 0.25) is 5.88 Å². The summed E-state index contributed by atoms with van der Waals surface area (Å²) in [6.07, 6.45) is -3.01. The largest absolute Gasteiger partial charge is 0.467 e. The van der Waals surface area contributed by atoms with Crippen LogP contribution in [-0.2, 0) is 17.8 Å². The van der Waals surface area contributed by atoms with E-state index in [0.717, 1.165) is 0 Å². The Hall–Kier alpha value is -2.49. The number of hydrogen-bond acceptors (Lipinski definition) is 5. The molecule has 0 bridgehead atoms. The molecule has 0 unspecified atom stereocenters. The molecular weight excluding hydrogens is 443 g/mol. The number of pyridine rings is 2. The Morgan fingerprint density at radius 1 is 1.25 bits per heavy atom. The number of rotatable bonds is 7. The fourth-order valence-corrected chi connectivity index (χ4v) is 2.83. The van der Waals surface area contributed by atoms with Crippen molar-refractivity contribution in [3.63, 3.8) is 0 Å². The molecule has 0 aliphatic carbocycles. The quantitative estimate of drug-likeness (QED) is 0.684. The highest BCUT2D eigenvalue weighted by Gasteiger charge is 2.29. The zero-order chi connectivity index (χ0) is 20.9. The second-order valence-electron chi connectivity index (χ2n) is 6.08. The maximum atomic E-state index is 12.4. The first kappa shape index (κ1) is 21.8. The average Bonchev–Trinajstić information content (AvgIpc) is 2.56. The number of carbonyl (C=O) groups is 2. The zero-order valence-electron chi connectivity index (χ0n) is 15.1. The molecule has 2 rings (SSSR count). The average molecular weight is 460 g/mol. The van der Waals surface area contributed by atoms with Crippen LogP contribution in [0.5, 0.6) is 5.88 Å². The summed E-state index contributed by atoms with van der Waals surface area (Å²) in [6, 6.07) is 4.66. The van der Waals surface area contributed by atoms with Crippen molar-refractivity contribution in [1.82, 2.24) is 15.3 Å². The lowest BCUT2D eigenvalue weighted by atomic mass is 10.1.